The minimum atomic E-state index is -1.06. The number of nitrogens with one attached hydrogen (secondary N) is 1. The minimum Gasteiger partial charge on any atom is -0.323 e. The molecule has 1 saturated carbocycles. The lowest BCUT2D eigenvalue weighted by Crippen LogP contribution is -2.51. The monoisotopic (exact) mass is 286 g/mol. The Kier molecular flexibility index (Phi) is 3.45. The van der Waals surface area contributed by atoms with E-state index in [0.29, 0.717) is 25.7 Å². The number of amides is 3. The molecule has 2 aliphatic heterocycles. The van der Waals surface area contributed by atoms with E-state index in [-0.39, 0.29) is 11.9 Å². The summed E-state index contributed by atoms with van der Waals surface area (Å²) in [5.74, 6) is 1.57. The largest absolute Gasteiger partial charge is 0.325 e. The van der Waals surface area contributed by atoms with Crippen LogP contribution in [0.25, 0.3) is 0 Å². The molecule has 19 heavy (non-hydrogen) atoms. The van der Waals surface area contributed by atoms with E-state index in [1.54, 1.807) is 11.8 Å². The number of nitrogens with zero attached hydrogens (tertiary/aromatic N) is 1. The molecular formula is C13H19FN2O2S. The first-order valence-electron chi connectivity index (χ1n) is 7.02. The highest BCUT2D eigenvalue weighted by atomic mass is 32.2. The lowest BCUT2D eigenvalue weighted by atomic mass is 9.89. The van der Waals surface area contributed by atoms with Crippen molar-refractivity contribution in [1.82, 2.24) is 10.2 Å². The van der Waals surface area contributed by atoms with Crippen molar-refractivity contribution in [3.8, 4) is 0 Å². The fraction of sp³-hybridized carbons (Fsp3) is 0.846. The Labute approximate surface area is 116 Å². The van der Waals surface area contributed by atoms with Gasteiger partial charge in [-0.25, -0.2) is 9.18 Å². The van der Waals surface area contributed by atoms with Crippen LogP contribution in [0.4, 0.5) is 9.18 Å². The molecule has 3 amide bonds. The SMILES string of the molecule is O=C1NC2(CCSCC2)C(=O)N1[C@@H]1CCCC[C@H]1F. The van der Waals surface area contributed by atoms with Crippen molar-refractivity contribution in [2.24, 2.45) is 0 Å². The Bertz CT molecular complexity index is 398. The summed E-state index contributed by atoms with van der Waals surface area (Å²) < 4.78 is 14.0. The van der Waals surface area contributed by atoms with Crippen molar-refractivity contribution >= 4 is 23.7 Å². The maximum absolute atomic E-state index is 14.0. The Morgan fingerprint density at radius 3 is 2.58 bits per heavy atom. The number of hydrogen-bond acceptors (Lipinski definition) is 3. The predicted octanol–water partition coefficient (Wildman–Crippen LogP) is 2.08. The maximum Gasteiger partial charge on any atom is 0.325 e. The molecule has 2 atom stereocenters. The molecule has 0 bridgehead atoms. The third-order valence-corrected chi connectivity index (χ3v) is 5.50. The fourth-order valence-corrected chi connectivity index (χ4v) is 4.55. The number of imide groups is 1. The summed E-state index contributed by atoms with van der Waals surface area (Å²) in [6.45, 7) is 0. The molecule has 0 radical (unpaired) electrons. The van der Waals surface area contributed by atoms with Crippen LogP contribution in [0, 0.1) is 0 Å². The Morgan fingerprint density at radius 1 is 1.21 bits per heavy atom. The van der Waals surface area contributed by atoms with Crippen LogP contribution in [0.5, 0.6) is 0 Å². The first-order valence-corrected chi connectivity index (χ1v) is 8.17. The van der Waals surface area contributed by atoms with Gasteiger partial charge < -0.3 is 5.32 Å². The van der Waals surface area contributed by atoms with Gasteiger partial charge in [-0.1, -0.05) is 12.8 Å². The summed E-state index contributed by atoms with van der Waals surface area (Å²) in [5.41, 5.74) is -0.737. The maximum atomic E-state index is 14.0. The number of rotatable bonds is 1. The van der Waals surface area contributed by atoms with Gasteiger partial charge in [-0.3, -0.25) is 9.69 Å². The molecule has 1 aliphatic carbocycles. The normalized spacial score (nSPS) is 34.7. The minimum absolute atomic E-state index is 0.188. The van der Waals surface area contributed by atoms with Crippen molar-refractivity contribution < 1.29 is 14.0 Å². The number of alkyl halides is 1. The Balaban J connectivity index is 1.82. The third-order valence-electron chi connectivity index (χ3n) is 4.52. The van der Waals surface area contributed by atoms with Gasteiger partial charge in [0, 0.05) is 0 Å². The highest BCUT2D eigenvalue weighted by Crippen LogP contribution is 2.36. The summed E-state index contributed by atoms with van der Waals surface area (Å²) in [7, 11) is 0. The molecule has 0 aromatic carbocycles. The predicted molar refractivity (Wildman–Crippen MR) is 71.8 cm³/mol. The molecule has 2 heterocycles. The van der Waals surface area contributed by atoms with E-state index in [0.717, 1.165) is 24.3 Å². The molecule has 1 spiro atoms. The summed E-state index contributed by atoms with van der Waals surface area (Å²) in [6.07, 6.45) is 3.09. The van der Waals surface area contributed by atoms with Crippen LogP contribution >= 0.6 is 11.8 Å². The average molecular weight is 286 g/mol. The van der Waals surface area contributed by atoms with Crippen LogP contribution in [0.1, 0.15) is 38.5 Å². The number of carbonyl (C=O) groups is 2. The zero-order valence-corrected chi connectivity index (χ0v) is 11.7. The topological polar surface area (TPSA) is 49.4 Å². The third kappa shape index (κ3) is 2.14. The molecule has 0 aromatic heterocycles. The molecule has 0 aromatic rings. The standard InChI is InChI=1S/C13H19FN2O2S/c14-9-3-1-2-4-10(9)16-11(17)13(15-12(16)18)5-7-19-8-6-13/h9-10H,1-8H2,(H,15,18)/t9-,10-/m1/s1. The lowest BCUT2D eigenvalue weighted by Gasteiger charge is -2.34. The van der Waals surface area contributed by atoms with Crippen molar-refractivity contribution in [3.05, 3.63) is 0 Å². The van der Waals surface area contributed by atoms with E-state index in [2.05, 4.69) is 5.32 Å². The highest BCUT2D eigenvalue weighted by molar-refractivity contribution is 7.99. The van der Waals surface area contributed by atoms with E-state index in [1.165, 1.54) is 4.90 Å². The average Bonchev–Trinajstić information content (AvgIpc) is 2.63. The second-order valence-electron chi connectivity index (χ2n) is 5.67. The summed E-state index contributed by atoms with van der Waals surface area (Å²) in [4.78, 5) is 25.9. The van der Waals surface area contributed by atoms with Crippen LogP contribution in [-0.4, -0.2) is 46.1 Å². The first-order chi connectivity index (χ1) is 9.14. The van der Waals surface area contributed by atoms with Crippen molar-refractivity contribution in [3.63, 3.8) is 0 Å². The van der Waals surface area contributed by atoms with E-state index in [9.17, 15) is 14.0 Å². The van der Waals surface area contributed by atoms with Gasteiger partial charge in [0.15, 0.2) is 0 Å². The number of hydrogen-bond donors (Lipinski definition) is 1. The number of thioether (sulfide) groups is 1. The van der Waals surface area contributed by atoms with Gasteiger partial charge >= 0.3 is 6.03 Å². The van der Waals surface area contributed by atoms with Gasteiger partial charge in [0.25, 0.3) is 5.91 Å². The molecule has 1 N–H and O–H groups in total. The molecule has 3 rings (SSSR count). The van der Waals surface area contributed by atoms with E-state index in [4.69, 9.17) is 0 Å². The molecule has 4 nitrogen and oxygen atoms in total. The van der Waals surface area contributed by atoms with Crippen molar-refractivity contribution in [2.75, 3.05) is 11.5 Å². The molecule has 2 saturated heterocycles. The van der Waals surface area contributed by atoms with E-state index in [1.807, 2.05) is 0 Å². The number of halogens is 1. The Hall–Kier alpha value is -0.780. The number of carbonyl (C=O) groups excluding carboxylic acids is 2. The zero-order valence-electron chi connectivity index (χ0n) is 10.9. The molecule has 3 fully saturated rings. The van der Waals surface area contributed by atoms with Gasteiger partial charge in [0.2, 0.25) is 0 Å². The second-order valence-corrected chi connectivity index (χ2v) is 6.89. The lowest BCUT2D eigenvalue weighted by molar-refractivity contribution is -0.134. The van der Waals surface area contributed by atoms with Crippen molar-refractivity contribution in [1.29, 1.82) is 0 Å². The van der Waals surface area contributed by atoms with Gasteiger partial charge in [-0.2, -0.15) is 11.8 Å². The first kappa shape index (κ1) is 13.2. The van der Waals surface area contributed by atoms with Gasteiger partial charge in [-0.15, -0.1) is 0 Å². The van der Waals surface area contributed by atoms with E-state index >= 15 is 0 Å². The van der Waals surface area contributed by atoms with E-state index < -0.39 is 17.8 Å². The molecule has 106 valence electrons. The summed E-state index contributed by atoms with van der Waals surface area (Å²) in [5, 5.41) is 2.84. The van der Waals surface area contributed by atoms with Crippen LogP contribution < -0.4 is 5.32 Å². The Morgan fingerprint density at radius 2 is 1.89 bits per heavy atom. The van der Waals surface area contributed by atoms with Crippen LogP contribution in [-0.2, 0) is 4.79 Å². The smallest absolute Gasteiger partial charge is 0.323 e. The van der Waals surface area contributed by atoms with Crippen LogP contribution in [0.2, 0.25) is 0 Å². The van der Waals surface area contributed by atoms with Gasteiger partial charge in [0.1, 0.15) is 11.7 Å². The second kappa shape index (κ2) is 4.96. The van der Waals surface area contributed by atoms with Crippen molar-refractivity contribution in [2.45, 2.75) is 56.3 Å². The summed E-state index contributed by atoms with van der Waals surface area (Å²) in [6, 6.07) is -0.929. The molecular weight excluding hydrogens is 267 g/mol. The number of urea groups is 1. The van der Waals surface area contributed by atoms with Crippen LogP contribution in [0.3, 0.4) is 0 Å². The quantitative estimate of drug-likeness (QED) is 0.751. The van der Waals surface area contributed by atoms with Crippen LogP contribution in [0.15, 0.2) is 0 Å². The zero-order chi connectivity index (χ0) is 13.5. The highest BCUT2D eigenvalue weighted by Gasteiger charge is 2.54. The fourth-order valence-electron chi connectivity index (χ4n) is 3.36. The molecule has 0 unspecified atom stereocenters. The van der Waals surface area contributed by atoms with Gasteiger partial charge in [-0.05, 0) is 37.2 Å². The summed E-state index contributed by atoms with van der Waals surface area (Å²) >= 11 is 1.80. The molecule has 6 heteroatoms. The molecule has 3 aliphatic rings. The van der Waals surface area contributed by atoms with Gasteiger partial charge in [0.05, 0.1) is 6.04 Å².